The van der Waals surface area contributed by atoms with Gasteiger partial charge in [-0.15, -0.1) is 0 Å². The highest BCUT2D eigenvalue weighted by atomic mass is 32.1. The molecule has 0 aliphatic heterocycles. The molecule has 1 N–H and O–H groups in total. The molecule has 0 saturated carbocycles. The van der Waals surface area contributed by atoms with Crippen molar-refractivity contribution in [2.24, 2.45) is 0 Å². The minimum atomic E-state index is -0.168. The molecule has 0 spiro atoms. The van der Waals surface area contributed by atoms with E-state index in [1.54, 1.807) is 7.11 Å². The fraction of sp³-hybridized carbons (Fsp3) is 0.231. The number of hydrogen-bond acceptors (Lipinski definition) is 5. The SMILES string of the molecule is CCN(CC)Cc1ccc(C(=O)Nc2nc3c(OC)ccc(-c4ccccc4)c3s2)cc1. The second kappa shape index (κ2) is 9.94. The number of benzene rings is 3. The Morgan fingerprint density at radius 1 is 1.00 bits per heavy atom. The molecule has 6 heteroatoms. The lowest BCUT2D eigenvalue weighted by atomic mass is 10.1. The number of amides is 1. The molecule has 1 amide bonds. The van der Waals surface area contributed by atoms with Gasteiger partial charge in [0.2, 0.25) is 0 Å². The van der Waals surface area contributed by atoms with E-state index in [1.807, 2.05) is 54.6 Å². The molecular weight excluding hydrogens is 418 g/mol. The normalized spacial score (nSPS) is 11.1. The number of nitrogens with one attached hydrogen (secondary N) is 1. The van der Waals surface area contributed by atoms with E-state index in [2.05, 4.69) is 41.2 Å². The number of rotatable bonds is 8. The monoisotopic (exact) mass is 445 g/mol. The zero-order chi connectivity index (χ0) is 22.5. The van der Waals surface area contributed by atoms with E-state index < -0.39 is 0 Å². The lowest BCUT2D eigenvalue weighted by molar-refractivity contribution is 0.102. The standard InChI is InChI=1S/C26H27N3O2S/c1-4-29(5-2)17-18-11-13-20(14-12-18)25(30)28-26-27-23-22(31-3)16-15-21(24(23)32-26)19-9-7-6-8-10-19/h6-16H,4-5,17H2,1-3H3,(H,27,28,30). The summed E-state index contributed by atoms with van der Waals surface area (Å²) in [6.45, 7) is 7.20. The van der Waals surface area contributed by atoms with Gasteiger partial charge in [0.1, 0.15) is 11.3 Å². The maximum atomic E-state index is 12.9. The van der Waals surface area contributed by atoms with Crippen molar-refractivity contribution < 1.29 is 9.53 Å². The van der Waals surface area contributed by atoms with Gasteiger partial charge >= 0.3 is 0 Å². The Balaban J connectivity index is 1.58. The number of hydrogen-bond donors (Lipinski definition) is 1. The van der Waals surface area contributed by atoms with Gasteiger partial charge in [0.15, 0.2) is 5.13 Å². The average molecular weight is 446 g/mol. The molecule has 32 heavy (non-hydrogen) atoms. The minimum absolute atomic E-state index is 0.168. The van der Waals surface area contributed by atoms with Crippen molar-refractivity contribution >= 4 is 32.6 Å². The van der Waals surface area contributed by atoms with Crippen LogP contribution in [0.25, 0.3) is 21.3 Å². The molecule has 1 heterocycles. The van der Waals surface area contributed by atoms with Crippen LogP contribution in [0.2, 0.25) is 0 Å². The van der Waals surface area contributed by atoms with Crippen molar-refractivity contribution in [1.29, 1.82) is 0 Å². The number of anilines is 1. The Hall–Kier alpha value is -3.22. The fourth-order valence-electron chi connectivity index (χ4n) is 3.68. The van der Waals surface area contributed by atoms with E-state index in [9.17, 15) is 4.79 Å². The molecule has 0 aliphatic carbocycles. The third-order valence-corrected chi connectivity index (χ3v) is 6.55. The zero-order valence-corrected chi connectivity index (χ0v) is 19.4. The maximum Gasteiger partial charge on any atom is 0.257 e. The second-order valence-electron chi connectivity index (χ2n) is 7.49. The summed E-state index contributed by atoms with van der Waals surface area (Å²) in [5, 5.41) is 3.52. The predicted molar refractivity (Wildman–Crippen MR) is 133 cm³/mol. The molecule has 5 nitrogen and oxygen atoms in total. The van der Waals surface area contributed by atoms with Crippen LogP contribution in [0, 0.1) is 0 Å². The molecule has 0 fully saturated rings. The first-order valence-electron chi connectivity index (χ1n) is 10.8. The van der Waals surface area contributed by atoms with Crippen LogP contribution in [0.5, 0.6) is 5.75 Å². The molecule has 0 atom stereocenters. The number of carbonyl (C=O) groups is 1. The predicted octanol–water partition coefficient (Wildman–Crippen LogP) is 6.07. The number of thiazole rings is 1. The lowest BCUT2D eigenvalue weighted by Crippen LogP contribution is -2.22. The Bertz CT molecular complexity index is 1200. The molecular formula is C26H27N3O2S. The molecule has 0 saturated heterocycles. The summed E-state index contributed by atoms with van der Waals surface area (Å²) in [6.07, 6.45) is 0. The number of aromatic nitrogens is 1. The number of ether oxygens (including phenoxy) is 1. The van der Waals surface area contributed by atoms with Gasteiger partial charge in [0.25, 0.3) is 5.91 Å². The van der Waals surface area contributed by atoms with Crippen molar-refractivity contribution in [2.75, 3.05) is 25.5 Å². The number of carbonyl (C=O) groups excluding carboxylic acids is 1. The Morgan fingerprint density at radius 2 is 1.72 bits per heavy atom. The molecule has 1 aromatic heterocycles. The zero-order valence-electron chi connectivity index (χ0n) is 18.6. The fourth-order valence-corrected chi connectivity index (χ4v) is 4.70. The summed E-state index contributed by atoms with van der Waals surface area (Å²) >= 11 is 1.46. The first-order valence-corrected chi connectivity index (χ1v) is 11.6. The molecule has 4 rings (SSSR count). The van der Waals surface area contributed by atoms with E-state index in [0.717, 1.165) is 41.0 Å². The third-order valence-electron chi connectivity index (χ3n) is 5.55. The smallest absolute Gasteiger partial charge is 0.257 e. The van der Waals surface area contributed by atoms with Gasteiger partial charge in [-0.3, -0.25) is 15.0 Å². The van der Waals surface area contributed by atoms with Gasteiger partial charge in [0, 0.05) is 17.7 Å². The molecule has 0 radical (unpaired) electrons. The topological polar surface area (TPSA) is 54.5 Å². The molecule has 0 bridgehead atoms. The average Bonchev–Trinajstić information content (AvgIpc) is 3.26. The highest BCUT2D eigenvalue weighted by Gasteiger charge is 2.16. The highest BCUT2D eigenvalue weighted by Crippen LogP contribution is 2.39. The van der Waals surface area contributed by atoms with E-state index in [4.69, 9.17) is 4.74 Å². The third kappa shape index (κ3) is 4.66. The molecule has 4 aromatic rings. The summed E-state index contributed by atoms with van der Waals surface area (Å²) in [7, 11) is 1.63. The van der Waals surface area contributed by atoms with Crippen LogP contribution in [0.3, 0.4) is 0 Å². The van der Waals surface area contributed by atoms with E-state index >= 15 is 0 Å². The molecule has 0 unspecified atom stereocenters. The highest BCUT2D eigenvalue weighted by molar-refractivity contribution is 7.23. The molecule has 164 valence electrons. The summed E-state index contributed by atoms with van der Waals surface area (Å²) in [4.78, 5) is 19.9. The maximum absolute atomic E-state index is 12.9. The molecule has 3 aromatic carbocycles. The number of fused-ring (bicyclic) bond motifs is 1. The first kappa shape index (κ1) is 22.0. The summed E-state index contributed by atoms with van der Waals surface area (Å²) in [6, 6.07) is 21.9. The summed E-state index contributed by atoms with van der Waals surface area (Å²) in [5.41, 5.74) is 4.74. The van der Waals surface area contributed by atoms with Crippen LogP contribution < -0.4 is 10.1 Å². The number of methoxy groups -OCH3 is 1. The van der Waals surface area contributed by atoms with Crippen LogP contribution in [0.15, 0.2) is 66.7 Å². The molecule has 0 aliphatic rings. The van der Waals surface area contributed by atoms with Gasteiger partial charge in [-0.25, -0.2) is 4.98 Å². The van der Waals surface area contributed by atoms with Crippen molar-refractivity contribution in [1.82, 2.24) is 9.88 Å². The van der Waals surface area contributed by atoms with Gasteiger partial charge < -0.3 is 4.74 Å². The van der Waals surface area contributed by atoms with Gasteiger partial charge in [-0.1, -0.05) is 67.6 Å². The second-order valence-corrected chi connectivity index (χ2v) is 8.49. The Morgan fingerprint density at radius 3 is 2.38 bits per heavy atom. The first-order chi connectivity index (χ1) is 15.6. The Kier molecular flexibility index (Phi) is 6.83. The van der Waals surface area contributed by atoms with Gasteiger partial charge in [0.05, 0.1) is 11.8 Å². The van der Waals surface area contributed by atoms with E-state index in [-0.39, 0.29) is 5.91 Å². The minimum Gasteiger partial charge on any atom is -0.494 e. The van der Waals surface area contributed by atoms with Gasteiger partial charge in [-0.2, -0.15) is 0 Å². The largest absolute Gasteiger partial charge is 0.494 e. The van der Waals surface area contributed by atoms with Crippen molar-refractivity contribution in [3.8, 4) is 16.9 Å². The quantitative estimate of drug-likeness (QED) is 0.358. The Labute approximate surface area is 192 Å². The van der Waals surface area contributed by atoms with E-state index in [1.165, 1.54) is 16.9 Å². The van der Waals surface area contributed by atoms with E-state index in [0.29, 0.717) is 16.4 Å². The van der Waals surface area contributed by atoms with Crippen molar-refractivity contribution in [3.63, 3.8) is 0 Å². The number of nitrogens with zero attached hydrogens (tertiary/aromatic N) is 2. The lowest BCUT2D eigenvalue weighted by Gasteiger charge is -2.17. The van der Waals surface area contributed by atoms with Crippen molar-refractivity contribution in [3.05, 3.63) is 77.9 Å². The van der Waals surface area contributed by atoms with Gasteiger partial charge in [-0.05, 0) is 48.5 Å². The van der Waals surface area contributed by atoms with Crippen LogP contribution in [-0.4, -0.2) is 36.0 Å². The summed E-state index contributed by atoms with van der Waals surface area (Å²) < 4.78 is 6.50. The van der Waals surface area contributed by atoms with Crippen LogP contribution >= 0.6 is 11.3 Å². The van der Waals surface area contributed by atoms with Crippen LogP contribution in [-0.2, 0) is 6.54 Å². The van der Waals surface area contributed by atoms with Crippen LogP contribution in [0.4, 0.5) is 5.13 Å². The summed E-state index contributed by atoms with van der Waals surface area (Å²) in [5.74, 6) is 0.524. The van der Waals surface area contributed by atoms with Crippen molar-refractivity contribution in [2.45, 2.75) is 20.4 Å². The van der Waals surface area contributed by atoms with Crippen LogP contribution in [0.1, 0.15) is 29.8 Å².